The van der Waals surface area contributed by atoms with Crippen LogP contribution < -0.4 is 10.6 Å². The number of amidine groups is 1. The first-order chi connectivity index (χ1) is 12.8. The van der Waals surface area contributed by atoms with Gasteiger partial charge in [0.2, 0.25) is 0 Å². The van der Waals surface area contributed by atoms with Crippen molar-refractivity contribution in [2.24, 2.45) is 0 Å². The van der Waals surface area contributed by atoms with E-state index in [4.69, 9.17) is 10.1 Å². The van der Waals surface area contributed by atoms with E-state index in [0.29, 0.717) is 5.56 Å². The Morgan fingerprint density at radius 3 is 2.56 bits per heavy atom. The van der Waals surface area contributed by atoms with Crippen molar-refractivity contribution in [2.75, 3.05) is 32.7 Å². The lowest BCUT2D eigenvalue weighted by molar-refractivity contribution is 0.0563. The number of unbranched alkanes of at least 4 members (excludes halogenated alkanes) is 1. The second-order valence-corrected chi connectivity index (χ2v) is 7.58. The van der Waals surface area contributed by atoms with Crippen LogP contribution in [0.15, 0.2) is 24.3 Å². The minimum atomic E-state index is -0.624. The summed E-state index contributed by atoms with van der Waals surface area (Å²) in [6.45, 7) is 10.9. The number of nitrogens with zero attached hydrogens (tertiary/aromatic N) is 1. The van der Waals surface area contributed by atoms with Crippen molar-refractivity contribution in [1.29, 1.82) is 5.41 Å². The fourth-order valence-electron chi connectivity index (χ4n) is 2.69. The first-order valence-corrected chi connectivity index (χ1v) is 9.44. The maximum absolute atomic E-state index is 11.7. The number of alkyl carbamates (subject to hydrolysis) is 1. The molecule has 1 heterocycles. The molecule has 1 aromatic carbocycles. The molecule has 0 bridgehead atoms. The molecule has 3 N–H and O–H groups in total. The maximum atomic E-state index is 11.7. The number of carbonyl (C=O) groups excluding carboxylic acids is 1. The monoisotopic (exact) mass is 370 g/mol. The van der Waals surface area contributed by atoms with Gasteiger partial charge in [0.25, 0.3) is 0 Å². The van der Waals surface area contributed by atoms with Gasteiger partial charge in [0.05, 0.1) is 0 Å². The number of hydrogen-bond acceptors (Lipinski definition) is 5. The third-order valence-corrected chi connectivity index (χ3v) is 4.02. The van der Waals surface area contributed by atoms with Crippen molar-refractivity contribution in [3.8, 4) is 11.8 Å². The van der Waals surface area contributed by atoms with Gasteiger partial charge in [0.1, 0.15) is 11.4 Å². The Balaban J connectivity index is 1.76. The molecule has 1 saturated heterocycles. The van der Waals surface area contributed by atoms with Crippen LogP contribution in [0.1, 0.15) is 44.7 Å². The Hall–Kier alpha value is -2.36. The quantitative estimate of drug-likeness (QED) is 0.329. The topological polar surface area (TPSA) is 77.5 Å². The SMILES string of the molecule is CC(C)(C)OC(=O)NC(=N)c1ccc(C#CCCCN2CCNCC2)cc1. The number of ether oxygens (including phenoxy) is 1. The molecule has 0 aromatic heterocycles. The molecule has 1 aromatic rings. The summed E-state index contributed by atoms with van der Waals surface area (Å²) in [6.07, 6.45) is 1.33. The number of nitrogens with one attached hydrogen (secondary N) is 3. The molecule has 1 aliphatic heterocycles. The van der Waals surface area contributed by atoms with Gasteiger partial charge in [0, 0.05) is 43.7 Å². The molecule has 0 aliphatic carbocycles. The van der Waals surface area contributed by atoms with E-state index >= 15 is 0 Å². The third kappa shape index (κ3) is 8.25. The summed E-state index contributed by atoms with van der Waals surface area (Å²) >= 11 is 0. The normalized spacial score (nSPS) is 14.8. The molecule has 2 rings (SSSR count). The summed E-state index contributed by atoms with van der Waals surface area (Å²) in [4.78, 5) is 14.2. The van der Waals surface area contributed by atoms with Crippen molar-refractivity contribution >= 4 is 11.9 Å². The Kier molecular flexibility index (Phi) is 7.83. The van der Waals surface area contributed by atoms with Gasteiger partial charge in [-0.2, -0.15) is 0 Å². The van der Waals surface area contributed by atoms with Gasteiger partial charge < -0.3 is 15.0 Å². The molecule has 27 heavy (non-hydrogen) atoms. The highest BCUT2D eigenvalue weighted by Gasteiger charge is 2.17. The minimum Gasteiger partial charge on any atom is -0.444 e. The van der Waals surface area contributed by atoms with E-state index in [-0.39, 0.29) is 5.84 Å². The van der Waals surface area contributed by atoms with E-state index in [1.165, 1.54) is 0 Å². The fourth-order valence-corrected chi connectivity index (χ4v) is 2.69. The van der Waals surface area contributed by atoms with Crippen molar-refractivity contribution < 1.29 is 9.53 Å². The minimum absolute atomic E-state index is 0.0137. The average Bonchev–Trinajstić information content (AvgIpc) is 2.61. The first-order valence-electron chi connectivity index (χ1n) is 9.44. The van der Waals surface area contributed by atoms with Crippen molar-refractivity contribution in [3.05, 3.63) is 35.4 Å². The predicted molar refractivity (Wildman–Crippen MR) is 108 cm³/mol. The summed E-state index contributed by atoms with van der Waals surface area (Å²) in [7, 11) is 0. The van der Waals surface area contributed by atoms with Crippen LogP contribution in [-0.2, 0) is 4.74 Å². The molecule has 0 saturated carbocycles. The van der Waals surface area contributed by atoms with Crippen LogP contribution in [0.3, 0.4) is 0 Å². The van der Waals surface area contributed by atoms with Gasteiger partial charge in [0.15, 0.2) is 0 Å². The summed E-state index contributed by atoms with van der Waals surface area (Å²) in [5.74, 6) is 6.38. The lowest BCUT2D eigenvalue weighted by atomic mass is 10.1. The van der Waals surface area contributed by atoms with E-state index in [1.54, 1.807) is 32.9 Å². The van der Waals surface area contributed by atoms with E-state index in [0.717, 1.165) is 51.1 Å². The highest BCUT2D eigenvalue weighted by molar-refractivity contribution is 6.04. The molecule has 6 nitrogen and oxygen atoms in total. The number of benzene rings is 1. The third-order valence-electron chi connectivity index (χ3n) is 4.02. The zero-order valence-electron chi connectivity index (χ0n) is 16.5. The lowest BCUT2D eigenvalue weighted by Crippen LogP contribution is -2.43. The second-order valence-electron chi connectivity index (χ2n) is 7.58. The van der Waals surface area contributed by atoms with Crippen LogP contribution in [0.4, 0.5) is 4.79 Å². The summed E-state index contributed by atoms with van der Waals surface area (Å²) in [6, 6.07) is 7.29. The van der Waals surface area contributed by atoms with Crippen molar-refractivity contribution in [3.63, 3.8) is 0 Å². The molecule has 0 unspecified atom stereocenters. The van der Waals surface area contributed by atoms with E-state index in [2.05, 4.69) is 27.4 Å². The summed E-state index contributed by atoms with van der Waals surface area (Å²) in [5, 5.41) is 13.8. The van der Waals surface area contributed by atoms with Crippen LogP contribution in [0, 0.1) is 17.3 Å². The van der Waals surface area contributed by atoms with Crippen LogP contribution >= 0.6 is 0 Å². The van der Waals surface area contributed by atoms with Crippen molar-refractivity contribution in [1.82, 2.24) is 15.5 Å². The van der Waals surface area contributed by atoms with Gasteiger partial charge in [-0.25, -0.2) is 4.79 Å². The van der Waals surface area contributed by atoms with Crippen LogP contribution in [0.25, 0.3) is 0 Å². The number of hydrogen-bond donors (Lipinski definition) is 3. The Bertz CT molecular complexity index is 690. The van der Waals surface area contributed by atoms with E-state index < -0.39 is 11.7 Å². The second kappa shape index (κ2) is 10.1. The molecule has 0 spiro atoms. The molecule has 0 atom stereocenters. The number of amides is 1. The fraction of sp³-hybridized carbons (Fsp3) is 0.524. The van der Waals surface area contributed by atoms with Crippen LogP contribution in [-0.4, -0.2) is 55.2 Å². The molecule has 0 radical (unpaired) electrons. The maximum Gasteiger partial charge on any atom is 0.413 e. The summed E-state index contributed by atoms with van der Waals surface area (Å²) < 4.78 is 5.15. The van der Waals surface area contributed by atoms with E-state index in [9.17, 15) is 4.79 Å². The molecule has 1 fully saturated rings. The zero-order chi connectivity index (χ0) is 19.7. The number of piperazine rings is 1. The van der Waals surface area contributed by atoms with Gasteiger partial charge in [-0.05, 0) is 45.9 Å². The number of rotatable bonds is 4. The first kappa shape index (κ1) is 20.9. The standard InChI is InChI=1S/C21H30N4O2/c1-21(2,3)27-20(26)24-19(22)18-10-8-17(9-11-18)7-5-4-6-14-25-15-12-23-13-16-25/h8-11,23H,4,6,12-16H2,1-3H3,(H2,22,24,26). The molecule has 6 heteroatoms. The smallest absolute Gasteiger partial charge is 0.413 e. The van der Waals surface area contributed by atoms with Gasteiger partial charge >= 0.3 is 6.09 Å². The average molecular weight is 370 g/mol. The zero-order valence-corrected chi connectivity index (χ0v) is 16.5. The molecule has 146 valence electrons. The molecule has 1 amide bonds. The Labute approximate surface area is 162 Å². The Morgan fingerprint density at radius 2 is 1.93 bits per heavy atom. The molecular weight excluding hydrogens is 340 g/mol. The van der Waals surface area contributed by atoms with Crippen LogP contribution in [0.2, 0.25) is 0 Å². The van der Waals surface area contributed by atoms with Gasteiger partial charge in [-0.1, -0.05) is 24.0 Å². The lowest BCUT2D eigenvalue weighted by Gasteiger charge is -2.26. The highest BCUT2D eigenvalue weighted by Crippen LogP contribution is 2.08. The number of carbonyl (C=O) groups is 1. The van der Waals surface area contributed by atoms with Gasteiger partial charge in [-0.3, -0.25) is 10.7 Å². The molecule has 1 aliphatic rings. The largest absolute Gasteiger partial charge is 0.444 e. The highest BCUT2D eigenvalue weighted by atomic mass is 16.6. The predicted octanol–water partition coefficient (Wildman–Crippen LogP) is 2.57. The van der Waals surface area contributed by atoms with Crippen molar-refractivity contribution in [2.45, 2.75) is 39.2 Å². The van der Waals surface area contributed by atoms with Crippen LogP contribution in [0.5, 0.6) is 0 Å². The van der Waals surface area contributed by atoms with Gasteiger partial charge in [-0.15, -0.1) is 0 Å². The molecular formula is C21H30N4O2. The van der Waals surface area contributed by atoms with E-state index in [1.807, 2.05) is 12.1 Å². The summed E-state index contributed by atoms with van der Waals surface area (Å²) in [5.41, 5.74) is 0.936. The Morgan fingerprint density at radius 1 is 1.26 bits per heavy atom.